The number of allylic oxidation sites excluding steroid dienone is 1. The van der Waals surface area contributed by atoms with Crippen LogP contribution in [0.3, 0.4) is 0 Å². The number of hydrogen-bond donors (Lipinski definition) is 0. The fraction of sp³-hybridized carbons (Fsp3) is 0.143. The molecule has 1 aliphatic rings. The van der Waals surface area contributed by atoms with E-state index in [-0.39, 0.29) is 18.4 Å². The average molecular weight is 227 g/mol. The van der Waals surface area contributed by atoms with Crippen LogP contribution < -0.4 is 0 Å². The fourth-order valence-corrected chi connectivity index (χ4v) is 2.02. The van der Waals surface area contributed by atoms with E-state index >= 15 is 0 Å². The third-order valence-corrected chi connectivity index (χ3v) is 2.76. The lowest BCUT2D eigenvalue weighted by atomic mass is 10.0. The van der Waals surface area contributed by atoms with E-state index < -0.39 is 0 Å². The molecule has 1 aliphatic heterocycles. The van der Waals surface area contributed by atoms with Crippen molar-refractivity contribution in [3.8, 4) is 0 Å². The second-order valence-corrected chi connectivity index (χ2v) is 3.84. The molecule has 0 bridgehead atoms. The molecule has 0 N–H and O–H groups in total. The first kappa shape index (κ1) is 11.3. The van der Waals surface area contributed by atoms with Gasteiger partial charge in [0.05, 0.1) is 11.1 Å². The molecule has 2 amide bonds. The van der Waals surface area contributed by atoms with E-state index in [9.17, 15) is 9.59 Å². The van der Waals surface area contributed by atoms with E-state index in [0.29, 0.717) is 17.5 Å². The maximum atomic E-state index is 12.1. The summed E-state index contributed by atoms with van der Waals surface area (Å²) in [5.41, 5.74) is 1.85. The van der Waals surface area contributed by atoms with Crippen molar-refractivity contribution >= 4 is 11.8 Å². The van der Waals surface area contributed by atoms with Gasteiger partial charge in [-0.2, -0.15) is 0 Å². The zero-order chi connectivity index (χ0) is 12.4. The predicted molar refractivity (Wildman–Crippen MR) is 65.9 cm³/mol. The molecule has 0 aromatic heterocycles. The van der Waals surface area contributed by atoms with Crippen LogP contribution in [0.5, 0.6) is 0 Å². The number of carbonyl (C=O) groups excluding carboxylic acids is 2. The average Bonchev–Trinajstić information content (AvgIpc) is 2.56. The third-order valence-electron chi connectivity index (χ3n) is 2.76. The molecule has 0 saturated carbocycles. The van der Waals surface area contributed by atoms with Crippen LogP contribution in [0.15, 0.2) is 43.5 Å². The Morgan fingerprint density at radius 2 is 1.88 bits per heavy atom. The molecular formula is C14H13NO2. The first-order valence-corrected chi connectivity index (χ1v) is 5.40. The van der Waals surface area contributed by atoms with E-state index in [1.165, 1.54) is 4.90 Å². The van der Waals surface area contributed by atoms with Gasteiger partial charge >= 0.3 is 0 Å². The quantitative estimate of drug-likeness (QED) is 0.584. The summed E-state index contributed by atoms with van der Waals surface area (Å²) < 4.78 is 0. The standard InChI is InChI=1S/C14H13NO2/c1-3-6-10-7-5-8-11-12(10)14(17)15(9-4-2)13(11)16/h3-5,7-8H,1-2,6,9H2. The molecule has 0 radical (unpaired) electrons. The summed E-state index contributed by atoms with van der Waals surface area (Å²) in [5.74, 6) is -0.474. The molecule has 0 aliphatic carbocycles. The topological polar surface area (TPSA) is 37.4 Å². The molecule has 0 spiro atoms. The highest BCUT2D eigenvalue weighted by Crippen LogP contribution is 2.26. The zero-order valence-corrected chi connectivity index (χ0v) is 9.48. The second-order valence-electron chi connectivity index (χ2n) is 3.84. The second kappa shape index (κ2) is 4.37. The van der Waals surface area contributed by atoms with Gasteiger partial charge in [-0.15, -0.1) is 13.2 Å². The maximum Gasteiger partial charge on any atom is 0.262 e. The molecule has 1 aromatic carbocycles. The van der Waals surface area contributed by atoms with Gasteiger partial charge in [0.2, 0.25) is 0 Å². The largest absolute Gasteiger partial charge is 0.270 e. The number of fused-ring (bicyclic) bond motifs is 1. The van der Waals surface area contributed by atoms with Crippen LogP contribution in [-0.4, -0.2) is 23.3 Å². The van der Waals surface area contributed by atoms with Crippen molar-refractivity contribution in [2.45, 2.75) is 6.42 Å². The minimum Gasteiger partial charge on any atom is -0.270 e. The Morgan fingerprint density at radius 3 is 2.53 bits per heavy atom. The zero-order valence-electron chi connectivity index (χ0n) is 9.48. The minimum absolute atomic E-state index is 0.234. The number of rotatable bonds is 4. The number of nitrogens with zero attached hydrogens (tertiary/aromatic N) is 1. The van der Waals surface area contributed by atoms with E-state index in [1.807, 2.05) is 6.07 Å². The van der Waals surface area contributed by atoms with Gasteiger partial charge in [0.1, 0.15) is 0 Å². The van der Waals surface area contributed by atoms with Gasteiger partial charge in [-0.3, -0.25) is 14.5 Å². The Hall–Kier alpha value is -2.16. The monoisotopic (exact) mass is 227 g/mol. The maximum absolute atomic E-state index is 12.1. The predicted octanol–water partition coefficient (Wildman–Crippen LogP) is 2.20. The van der Waals surface area contributed by atoms with Crippen LogP contribution in [0.25, 0.3) is 0 Å². The van der Waals surface area contributed by atoms with Gasteiger partial charge < -0.3 is 0 Å². The highest BCUT2D eigenvalue weighted by molar-refractivity contribution is 6.22. The van der Waals surface area contributed by atoms with E-state index in [1.54, 1.807) is 24.3 Å². The van der Waals surface area contributed by atoms with Crippen LogP contribution >= 0.6 is 0 Å². The molecule has 0 fully saturated rings. The van der Waals surface area contributed by atoms with Crippen molar-refractivity contribution in [2.75, 3.05) is 6.54 Å². The smallest absolute Gasteiger partial charge is 0.262 e. The third kappa shape index (κ3) is 1.69. The number of carbonyl (C=O) groups is 2. The van der Waals surface area contributed by atoms with Crippen LogP contribution in [0.4, 0.5) is 0 Å². The summed E-state index contributed by atoms with van der Waals surface area (Å²) >= 11 is 0. The summed E-state index contributed by atoms with van der Waals surface area (Å²) in [5, 5.41) is 0. The van der Waals surface area contributed by atoms with Crippen molar-refractivity contribution in [3.63, 3.8) is 0 Å². The van der Waals surface area contributed by atoms with Crippen molar-refractivity contribution < 1.29 is 9.59 Å². The van der Waals surface area contributed by atoms with Gasteiger partial charge in [0.25, 0.3) is 11.8 Å². The molecule has 0 atom stereocenters. The number of imide groups is 1. The Bertz CT molecular complexity index is 517. The summed E-state index contributed by atoms with van der Waals surface area (Å²) in [6.07, 6.45) is 3.86. The number of amides is 2. The van der Waals surface area contributed by atoms with Crippen LogP contribution in [0.2, 0.25) is 0 Å². The van der Waals surface area contributed by atoms with Crippen LogP contribution in [-0.2, 0) is 6.42 Å². The highest BCUT2D eigenvalue weighted by Gasteiger charge is 2.35. The molecule has 86 valence electrons. The van der Waals surface area contributed by atoms with Crippen molar-refractivity contribution in [2.24, 2.45) is 0 Å². The lowest BCUT2D eigenvalue weighted by molar-refractivity contribution is 0.0672. The van der Waals surface area contributed by atoms with Crippen molar-refractivity contribution in [3.05, 3.63) is 60.2 Å². The van der Waals surface area contributed by atoms with Gasteiger partial charge in [0, 0.05) is 6.54 Å². The van der Waals surface area contributed by atoms with Crippen LogP contribution in [0.1, 0.15) is 26.3 Å². The fourth-order valence-electron chi connectivity index (χ4n) is 2.02. The molecular weight excluding hydrogens is 214 g/mol. The first-order chi connectivity index (χ1) is 8.20. The first-order valence-electron chi connectivity index (χ1n) is 5.40. The molecule has 0 saturated heterocycles. The molecule has 1 heterocycles. The minimum atomic E-state index is -0.240. The lowest BCUT2D eigenvalue weighted by Crippen LogP contribution is -2.29. The Balaban J connectivity index is 2.52. The van der Waals surface area contributed by atoms with Crippen LogP contribution in [0, 0.1) is 0 Å². The molecule has 3 heteroatoms. The van der Waals surface area contributed by atoms with E-state index in [0.717, 1.165) is 5.56 Å². The summed E-state index contributed by atoms with van der Waals surface area (Å²) in [6.45, 7) is 7.46. The molecule has 1 aromatic rings. The van der Waals surface area contributed by atoms with Gasteiger partial charge in [-0.25, -0.2) is 0 Å². The number of hydrogen-bond acceptors (Lipinski definition) is 2. The van der Waals surface area contributed by atoms with Gasteiger partial charge in [-0.05, 0) is 18.1 Å². The Kier molecular flexibility index (Phi) is 2.91. The van der Waals surface area contributed by atoms with Gasteiger partial charge in [0.15, 0.2) is 0 Å². The molecule has 0 unspecified atom stereocenters. The van der Waals surface area contributed by atoms with E-state index in [4.69, 9.17) is 0 Å². The summed E-state index contributed by atoms with van der Waals surface area (Å²) in [7, 11) is 0. The summed E-state index contributed by atoms with van der Waals surface area (Å²) in [6, 6.07) is 5.33. The van der Waals surface area contributed by atoms with Crippen molar-refractivity contribution in [1.29, 1.82) is 0 Å². The molecule has 3 nitrogen and oxygen atoms in total. The Morgan fingerprint density at radius 1 is 1.12 bits per heavy atom. The molecule has 2 rings (SSSR count). The normalized spacial score (nSPS) is 13.8. The Labute approximate surface area is 100 Å². The summed E-state index contributed by atoms with van der Waals surface area (Å²) in [4.78, 5) is 25.3. The van der Waals surface area contributed by atoms with E-state index in [2.05, 4.69) is 13.2 Å². The highest BCUT2D eigenvalue weighted by atomic mass is 16.2. The lowest BCUT2D eigenvalue weighted by Gasteiger charge is -2.10. The number of benzene rings is 1. The van der Waals surface area contributed by atoms with Gasteiger partial charge in [-0.1, -0.05) is 24.3 Å². The molecule has 17 heavy (non-hydrogen) atoms. The van der Waals surface area contributed by atoms with Crippen molar-refractivity contribution in [1.82, 2.24) is 4.90 Å². The SMILES string of the molecule is C=CCc1cccc2c1C(=O)N(CC=C)C2=O.